The summed E-state index contributed by atoms with van der Waals surface area (Å²) < 4.78 is 5.61. The van der Waals surface area contributed by atoms with Gasteiger partial charge in [0.15, 0.2) is 0 Å². The zero-order valence-electron chi connectivity index (χ0n) is 18.9. The number of hydrogen-bond acceptors (Lipinski definition) is 5. The van der Waals surface area contributed by atoms with Gasteiger partial charge in [0, 0.05) is 31.4 Å². The molecule has 2 unspecified atom stereocenters. The van der Waals surface area contributed by atoms with Gasteiger partial charge < -0.3 is 25.6 Å². The van der Waals surface area contributed by atoms with Gasteiger partial charge in [0.2, 0.25) is 5.91 Å². The maximum absolute atomic E-state index is 12.5. The van der Waals surface area contributed by atoms with Crippen molar-refractivity contribution in [3.8, 4) is 11.1 Å². The summed E-state index contributed by atoms with van der Waals surface area (Å²) in [6.45, 7) is -0.0628. The second-order valence-corrected chi connectivity index (χ2v) is 9.02. The lowest BCUT2D eigenvalue weighted by Gasteiger charge is -2.17. The zero-order chi connectivity index (χ0) is 24.1. The predicted molar refractivity (Wildman–Crippen MR) is 125 cm³/mol. The largest absolute Gasteiger partial charge is 0.480 e. The number of alkyl carbamates (subject to hydrolysis) is 1. The van der Waals surface area contributed by atoms with E-state index in [9.17, 15) is 14.4 Å². The number of carboxylic acid groups (broad SMARTS) is 1. The van der Waals surface area contributed by atoms with E-state index >= 15 is 0 Å². The normalized spacial score (nSPS) is 19.7. The summed E-state index contributed by atoms with van der Waals surface area (Å²) in [5.41, 5.74) is 4.66. The Labute approximate surface area is 198 Å². The SMILES string of the molecule is O=C(CC1CCC(NC(=O)OCC2c3ccccc3-c3ccccc32)C1)N[C@H](CCO)C(=O)O. The van der Waals surface area contributed by atoms with Gasteiger partial charge in [0.25, 0.3) is 0 Å². The van der Waals surface area contributed by atoms with Crippen LogP contribution in [0.25, 0.3) is 11.1 Å². The molecule has 4 rings (SSSR count). The summed E-state index contributed by atoms with van der Waals surface area (Å²) in [7, 11) is 0. The van der Waals surface area contributed by atoms with Crippen molar-refractivity contribution in [1.82, 2.24) is 10.6 Å². The third kappa shape index (κ3) is 5.39. The summed E-state index contributed by atoms with van der Waals surface area (Å²) in [5.74, 6) is -1.46. The van der Waals surface area contributed by atoms with E-state index in [4.69, 9.17) is 14.9 Å². The Bertz CT molecular complexity index is 1010. The van der Waals surface area contributed by atoms with Crippen molar-refractivity contribution in [2.75, 3.05) is 13.2 Å². The van der Waals surface area contributed by atoms with Gasteiger partial charge in [-0.15, -0.1) is 0 Å². The molecule has 0 radical (unpaired) electrons. The highest BCUT2D eigenvalue weighted by Gasteiger charge is 2.31. The van der Waals surface area contributed by atoms with Crippen molar-refractivity contribution in [3.05, 3.63) is 59.7 Å². The standard InChI is InChI=1S/C26H30N2O6/c29-12-11-23(25(31)32)28-24(30)14-16-9-10-17(13-16)27-26(33)34-15-22-20-7-3-1-5-18(20)19-6-2-4-8-21(19)22/h1-8,16-17,22-23,29H,9-15H2,(H,27,33)(H,28,30)(H,31,32)/t16?,17?,23-/m1/s1. The average molecular weight is 467 g/mol. The molecule has 180 valence electrons. The van der Waals surface area contributed by atoms with Gasteiger partial charge in [-0.05, 0) is 47.4 Å². The van der Waals surface area contributed by atoms with E-state index in [0.29, 0.717) is 6.42 Å². The minimum atomic E-state index is -1.16. The van der Waals surface area contributed by atoms with Gasteiger partial charge >= 0.3 is 12.1 Å². The van der Waals surface area contributed by atoms with Gasteiger partial charge in [-0.1, -0.05) is 48.5 Å². The highest BCUT2D eigenvalue weighted by atomic mass is 16.5. The van der Waals surface area contributed by atoms with Crippen molar-refractivity contribution in [2.24, 2.45) is 5.92 Å². The number of carbonyl (C=O) groups is 3. The Morgan fingerprint density at radius 2 is 1.65 bits per heavy atom. The molecule has 2 aromatic rings. The Kier molecular flexibility index (Phi) is 7.47. The zero-order valence-corrected chi connectivity index (χ0v) is 18.9. The Morgan fingerprint density at radius 1 is 1.00 bits per heavy atom. The molecule has 34 heavy (non-hydrogen) atoms. The van der Waals surface area contributed by atoms with Crippen LogP contribution in [-0.4, -0.2) is 53.5 Å². The van der Waals surface area contributed by atoms with Crippen molar-refractivity contribution in [1.29, 1.82) is 0 Å². The first-order valence-electron chi connectivity index (χ1n) is 11.7. The van der Waals surface area contributed by atoms with Gasteiger partial charge in [-0.3, -0.25) is 4.79 Å². The van der Waals surface area contributed by atoms with Crippen LogP contribution in [0, 0.1) is 5.92 Å². The molecule has 3 atom stereocenters. The fraction of sp³-hybridized carbons (Fsp3) is 0.423. The summed E-state index contributed by atoms with van der Waals surface area (Å²) >= 11 is 0. The number of ether oxygens (including phenoxy) is 1. The molecule has 2 aliphatic carbocycles. The lowest BCUT2D eigenvalue weighted by molar-refractivity contribution is -0.142. The van der Waals surface area contributed by atoms with Crippen molar-refractivity contribution in [2.45, 2.75) is 50.1 Å². The minimum Gasteiger partial charge on any atom is -0.480 e. The molecular weight excluding hydrogens is 436 g/mol. The predicted octanol–water partition coefficient (Wildman–Crippen LogP) is 3.04. The van der Waals surface area contributed by atoms with Gasteiger partial charge in [-0.2, -0.15) is 0 Å². The third-order valence-electron chi connectivity index (χ3n) is 6.73. The van der Waals surface area contributed by atoms with E-state index in [1.165, 1.54) is 11.1 Å². The lowest BCUT2D eigenvalue weighted by Crippen LogP contribution is -2.42. The minimum absolute atomic E-state index is 0.000672. The molecule has 1 saturated carbocycles. The van der Waals surface area contributed by atoms with Crippen molar-refractivity contribution in [3.63, 3.8) is 0 Å². The Hall–Kier alpha value is -3.39. The first-order valence-corrected chi connectivity index (χ1v) is 11.7. The second kappa shape index (κ2) is 10.7. The summed E-state index contributed by atoms with van der Waals surface area (Å²) in [6.07, 6.45) is 1.83. The van der Waals surface area contributed by atoms with Crippen LogP contribution in [0.2, 0.25) is 0 Å². The van der Waals surface area contributed by atoms with Crippen LogP contribution in [0.3, 0.4) is 0 Å². The van der Waals surface area contributed by atoms with Gasteiger partial charge in [0.1, 0.15) is 12.6 Å². The lowest BCUT2D eigenvalue weighted by atomic mass is 9.98. The number of nitrogens with one attached hydrogen (secondary N) is 2. The molecule has 0 heterocycles. The summed E-state index contributed by atoms with van der Waals surface area (Å²) in [4.78, 5) is 35.8. The van der Waals surface area contributed by atoms with Crippen LogP contribution in [0.15, 0.2) is 48.5 Å². The number of fused-ring (bicyclic) bond motifs is 3. The number of hydrogen-bond donors (Lipinski definition) is 4. The van der Waals surface area contributed by atoms with E-state index in [2.05, 4.69) is 34.9 Å². The molecule has 0 aromatic heterocycles. The van der Waals surface area contributed by atoms with Crippen LogP contribution < -0.4 is 10.6 Å². The highest BCUT2D eigenvalue weighted by Crippen LogP contribution is 2.44. The smallest absolute Gasteiger partial charge is 0.407 e. The number of carboxylic acids is 1. The number of amides is 2. The van der Waals surface area contributed by atoms with E-state index in [0.717, 1.165) is 24.0 Å². The number of carbonyl (C=O) groups excluding carboxylic acids is 2. The van der Waals surface area contributed by atoms with Gasteiger partial charge in [0.05, 0.1) is 0 Å². The Balaban J connectivity index is 1.25. The van der Waals surface area contributed by atoms with Gasteiger partial charge in [-0.25, -0.2) is 9.59 Å². The molecule has 8 heteroatoms. The first-order chi connectivity index (χ1) is 16.5. The number of aliphatic hydroxyl groups excluding tert-OH is 1. The monoisotopic (exact) mass is 466 g/mol. The van der Waals surface area contributed by atoms with Crippen molar-refractivity contribution >= 4 is 18.0 Å². The summed E-state index contributed by atoms with van der Waals surface area (Å²) in [6, 6.07) is 15.2. The molecular formula is C26H30N2O6. The topological polar surface area (TPSA) is 125 Å². The second-order valence-electron chi connectivity index (χ2n) is 9.02. The molecule has 0 saturated heterocycles. The molecule has 0 spiro atoms. The van der Waals surface area contributed by atoms with Crippen molar-refractivity contribution < 1.29 is 29.3 Å². The number of rotatable bonds is 9. The van der Waals surface area contributed by atoms with Crippen LogP contribution in [0.1, 0.15) is 49.1 Å². The molecule has 0 bridgehead atoms. The highest BCUT2D eigenvalue weighted by molar-refractivity contribution is 5.83. The van der Waals surface area contributed by atoms with Crippen LogP contribution >= 0.6 is 0 Å². The molecule has 8 nitrogen and oxygen atoms in total. The fourth-order valence-corrected chi connectivity index (χ4v) is 5.10. The number of aliphatic carboxylic acids is 1. The average Bonchev–Trinajstić information content (AvgIpc) is 3.39. The van der Waals surface area contributed by atoms with E-state index in [-0.39, 0.29) is 49.8 Å². The maximum Gasteiger partial charge on any atom is 0.407 e. The van der Waals surface area contributed by atoms with Crippen LogP contribution in [-0.2, 0) is 14.3 Å². The number of benzene rings is 2. The fourth-order valence-electron chi connectivity index (χ4n) is 5.10. The number of aliphatic hydroxyl groups is 1. The van der Waals surface area contributed by atoms with Crippen LogP contribution in [0.4, 0.5) is 4.79 Å². The quantitative estimate of drug-likeness (QED) is 0.450. The molecule has 2 aromatic carbocycles. The summed E-state index contributed by atoms with van der Waals surface area (Å²) in [5, 5.41) is 23.4. The molecule has 2 amide bonds. The molecule has 2 aliphatic rings. The van der Waals surface area contributed by atoms with E-state index < -0.39 is 18.1 Å². The van der Waals surface area contributed by atoms with E-state index in [1.54, 1.807) is 0 Å². The third-order valence-corrected chi connectivity index (χ3v) is 6.73. The van der Waals surface area contributed by atoms with E-state index in [1.807, 2.05) is 24.3 Å². The first kappa shape index (κ1) is 23.8. The van der Waals surface area contributed by atoms with Crippen LogP contribution in [0.5, 0.6) is 0 Å². The molecule has 4 N–H and O–H groups in total. The molecule has 0 aliphatic heterocycles. The Morgan fingerprint density at radius 3 is 2.26 bits per heavy atom. The molecule has 1 fully saturated rings. The maximum atomic E-state index is 12.5.